The highest BCUT2D eigenvalue weighted by Crippen LogP contribution is 2.27. The molecule has 1 aliphatic carbocycles. The largest absolute Gasteiger partial charge is 0.382 e. The summed E-state index contributed by atoms with van der Waals surface area (Å²) >= 11 is 0. The standard InChI is InChI=1S/C12H20N4O/c1-12(6-3-2-4-7-12)14-11(17)9-16-8-5-10(13)15-16/h5,8H,2-4,6-7,9H2,1H3,(H2,13,15)(H,14,17). The third kappa shape index (κ3) is 3.22. The van der Waals surface area contributed by atoms with Crippen LogP contribution in [0.4, 0.5) is 5.82 Å². The van der Waals surface area contributed by atoms with Gasteiger partial charge in [-0.1, -0.05) is 19.3 Å². The minimum atomic E-state index is -0.0337. The Kier molecular flexibility index (Phi) is 3.36. The lowest BCUT2D eigenvalue weighted by molar-refractivity contribution is -0.124. The summed E-state index contributed by atoms with van der Waals surface area (Å²) in [5.74, 6) is 0.458. The Morgan fingerprint density at radius 3 is 2.82 bits per heavy atom. The molecule has 5 heteroatoms. The maximum absolute atomic E-state index is 11.9. The lowest BCUT2D eigenvalue weighted by atomic mass is 9.83. The molecule has 1 amide bonds. The third-order valence-electron chi connectivity index (χ3n) is 3.37. The molecular weight excluding hydrogens is 216 g/mol. The quantitative estimate of drug-likeness (QED) is 0.831. The van der Waals surface area contributed by atoms with E-state index in [-0.39, 0.29) is 18.0 Å². The molecule has 1 aliphatic rings. The Morgan fingerprint density at radius 1 is 1.53 bits per heavy atom. The molecule has 1 aromatic heterocycles. The van der Waals surface area contributed by atoms with Crippen molar-refractivity contribution in [1.29, 1.82) is 0 Å². The number of rotatable bonds is 3. The summed E-state index contributed by atoms with van der Waals surface area (Å²) in [7, 11) is 0. The molecule has 17 heavy (non-hydrogen) atoms. The maximum atomic E-state index is 11.9. The molecule has 0 aliphatic heterocycles. The van der Waals surface area contributed by atoms with Gasteiger partial charge in [0.2, 0.25) is 5.91 Å². The van der Waals surface area contributed by atoms with Crippen molar-refractivity contribution >= 4 is 11.7 Å². The predicted molar refractivity (Wildman–Crippen MR) is 66.3 cm³/mol. The van der Waals surface area contributed by atoms with Crippen molar-refractivity contribution in [3.05, 3.63) is 12.3 Å². The Bertz CT molecular complexity index is 393. The lowest BCUT2D eigenvalue weighted by Gasteiger charge is -2.34. The van der Waals surface area contributed by atoms with Crippen LogP contribution in [0.3, 0.4) is 0 Å². The monoisotopic (exact) mass is 236 g/mol. The fourth-order valence-electron chi connectivity index (χ4n) is 2.45. The van der Waals surface area contributed by atoms with Gasteiger partial charge in [0.1, 0.15) is 12.4 Å². The van der Waals surface area contributed by atoms with E-state index in [9.17, 15) is 4.79 Å². The fourth-order valence-corrected chi connectivity index (χ4v) is 2.45. The van der Waals surface area contributed by atoms with E-state index in [0.717, 1.165) is 12.8 Å². The summed E-state index contributed by atoms with van der Waals surface area (Å²) in [6.07, 6.45) is 7.54. The molecular formula is C12H20N4O. The first-order chi connectivity index (χ1) is 8.07. The summed E-state index contributed by atoms with van der Waals surface area (Å²) in [6.45, 7) is 2.37. The number of carbonyl (C=O) groups is 1. The Hall–Kier alpha value is -1.52. The van der Waals surface area contributed by atoms with Gasteiger partial charge in [0.05, 0.1) is 0 Å². The van der Waals surface area contributed by atoms with E-state index in [1.54, 1.807) is 16.9 Å². The van der Waals surface area contributed by atoms with E-state index in [1.807, 2.05) is 0 Å². The van der Waals surface area contributed by atoms with Crippen LogP contribution in [0.2, 0.25) is 0 Å². The molecule has 1 fully saturated rings. The summed E-state index contributed by atoms with van der Waals surface area (Å²) in [4.78, 5) is 11.9. The molecule has 0 bridgehead atoms. The topological polar surface area (TPSA) is 72.9 Å². The maximum Gasteiger partial charge on any atom is 0.242 e. The van der Waals surface area contributed by atoms with Crippen LogP contribution in [0.5, 0.6) is 0 Å². The zero-order valence-electron chi connectivity index (χ0n) is 10.3. The molecule has 2 rings (SSSR count). The first-order valence-electron chi connectivity index (χ1n) is 6.17. The van der Waals surface area contributed by atoms with Crippen LogP contribution in [0.15, 0.2) is 12.3 Å². The third-order valence-corrected chi connectivity index (χ3v) is 3.37. The van der Waals surface area contributed by atoms with Crippen molar-refractivity contribution in [2.45, 2.75) is 51.1 Å². The van der Waals surface area contributed by atoms with Crippen molar-refractivity contribution in [1.82, 2.24) is 15.1 Å². The first kappa shape index (κ1) is 12.0. The molecule has 5 nitrogen and oxygen atoms in total. The van der Waals surface area contributed by atoms with Gasteiger partial charge >= 0.3 is 0 Å². The molecule has 94 valence electrons. The van der Waals surface area contributed by atoms with Crippen molar-refractivity contribution in [3.63, 3.8) is 0 Å². The normalized spacial score (nSPS) is 18.9. The van der Waals surface area contributed by atoms with Gasteiger partial charge < -0.3 is 11.1 Å². The number of hydrogen-bond acceptors (Lipinski definition) is 3. The highest BCUT2D eigenvalue weighted by molar-refractivity contribution is 5.76. The molecule has 1 saturated carbocycles. The van der Waals surface area contributed by atoms with Crippen LogP contribution in [-0.2, 0) is 11.3 Å². The van der Waals surface area contributed by atoms with Crippen LogP contribution < -0.4 is 11.1 Å². The minimum absolute atomic E-state index is 0.0116. The SMILES string of the molecule is CC1(NC(=O)Cn2ccc(N)n2)CCCCC1. The smallest absolute Gasteiger partial charge is 0.242 e. The molecule has 0 spiro atoms. The van der Waals surface area contributed by atoms with Gasteiger partial charge in [0, 0.05) is 11.7 Å². The molecule has 0 atom stereocenters. The summed E-state index contributed by atoms with van der Waals surface area (Å²) in [6, 6.07) is 1.69. The van der Waals surface area contributed by atoms with Crippen molar-refractivity contribution in [2.75, 3.05) is 5.73 Å². The molecule has 0 aromatic carbocycles. The molecule has 1 heterocycles. The molecule has 0 radical (unpaired) electrons. The van der Waals surface area contributed by atoms with Gasteiger partial charge in [-0.25, -0.2) is 0 Å². The highest BCUT2D eigenvalue weighted by atomic mass is 16.2. The second kappa shape index (κ2) is 4.77. The Labute approximate surface area is 101 Å². The molecule has 0 unspecified atom stereocenters. The van der Waals surface area contributed by atoms with Gasteiger partial charge in [-0.2, -0.15) is 5.10 Å². The Morgan fingerprint density at radius 2 is 2.24 bits per heavy atom. The zero-order valence-corrected chi connectivity index (χ0v) is 10.3. The van der Waals surface area contributed by atoms with Gasteiger partial charge in [-0.15, -0.1) is 0 Å². The number of amides is 1. The van der Waals surface area contributed by atoms with Crippen LogP contribution in [0.25, 0.3) is 0 Å². The second-order valence-electron chi connectivity index (χ2n) is 5.11. The second-order valence-corrected chi connectivity index (χ2v) is 5.11. The number of hydrogen-bond donors (Lipinski definition) is 2. The summed E-state index contributed by atoms with van der Waals surface area (Å²) in [5.41, 5.74) is 5.47. The minimum Gasteiger partial charge on any atom is -0.382 e. The number of nitrogens with two attached hydrogens (primary N) is 1. The van der Waals surface area contributed by atoms with Gasteiger partial charge in [0.25, 0.3) is 0 Å². The van der Waals surface area contributed by atoms with E-state index < -0.39 is 0 Å². The van der Waals surface area contributed by atoms with Gasteiger partial charge in [-0.3, -0.25) is 9.48 Å². The Balaban J connectivity index is 1.88. The van der Waals surface area contributed by atoms with Gasteiger partial charge in [-0.05, 0) is 25.8 Å². The number of nitrogen functional groups attached to an aromatic ring is 1. The van der Waals surface area contributed by atoms with E-state index >= 15 is 0 Å². The number of carbonyl (C=O) groups excluding carboxylic acids is 1. The summed E-state index contributed by atoms with van der Waals surface area (Å²) in [5, 5.41) is 7.11. The van der Waals surface area contributed by atoms with Crippen molar-refractivity contribution in [3.8, 4) is 0 Å². The zero-order chi connectivity index (χ0) is 12.3. The van der Waals surface area contributed by atoms with Crippen LogP contribution >= 0.6 is 0 Å². The highest BCUT2D eigenvalue weighted by Gasteiger charge is 2.28. The van der Waals surface area contributed by atoms with Crippen LogP contribution in [0, 0.1) is 0 Å². The van der Waals surface area contributed by atoms with Crippen molar-refractivity contribution < 1.29 is 4.79 Å². The first-order valence-corrected chi connectivity index (χ1v) is 6.17. The van der Waals surface area contributed by atoms with Crippen LogP contribution in [0.1, 0.15) is 39.0 Å². The van der Waals surface area contributed by atoms with E-state index in [2.05, 4.69) is 17.3 Å². The number of anilines is 1. The predicted octanol–water partition coefficient (Wildman–Crippen LogP) is 1.30. The van der Waals surface area contributed by atoms with E-state index in [0.29, 0.717) is 5.82 Å². The fraction of sp³-hybridized carbons (Fsp3) is 0.667. The van der Waals surface area contributed by atoms with Crippen LogP contribution in [-0.4, -0.2) is 21.2 Å². The van der Waals surface area contributed by atoms with Gasteiger partial charge in [0.15, 0.2) is 0 Å². The summed E-state index contributed by atoms with van der Waals surface area (Å²) < 4.78 is 1.57. The average molecular weight is 236 g/mol. The molecule has 3 N–H and O–H groups in total. The lowest BCUT2D eigenvalue weighted by Crippen LogP contribution is -2.48. The number of nitrogens with one attached hydrogen (secondary N) is 1. The molecule has 0 saturated heterocycles. The number of aromatic nitrogens is 2. The molecule has 1 aromatic rings. The van der Waals surface area contributed by atoms with E-state index in [4.69, 9.17) is 5.73 Å². The van der Waals surface area contributed by atoms with E-state index in [1.165, 1.54) is 19.3 Å². The average Bonchev–Trinajstić information content (AvgIpc) is 2.63. The number of nitrogens with zero attached hydrogens (tertiary/aromatic N) is 2. The van der Waals surface area contributed by atoms with Crippen molar-refractivity contribution in [2.24, 2.45) is 0 Å².